The van der Waals surface area contributed by atoms with E-state index in [9.17, 15) is 0 Å². The molecule has 2 heterocycles. The van der Waals surface area contributed by atoms with Crippen LogP contribution in [0.3, 0.4) is 0 Å². The van der Waals surface area contributed by atoms with Gasteiger partial charge in [0.15, 0.2) is 0 Å². The van der Waals surface area contributed by atoms with Crippen LogP contribution < -0.4 is 10.6 Å². The van der Waals surface area contributed by atoms with Crippen molar-refractivity contribution in [2.45, 2.75) is 39.9 Å². The zero-order valence-corrected chi connectivity index (χ0v) is 11.5. The van der Waals surface area contributed by atoms with Crippen molar-refractivity contribution in [2.75, 3.05) is 5.32 Å². The van der Waals surface area contributed by atoms with E-state index in [0.717, 1.165) is 5.01 Å². The van der Waals surface area contributed by atoms with Crippen LogP contribution >= 0.6 is 11.3 Å². The van der Waals surface area contributed by atoms with E-state index in [4.69, 9.17) is 4.42 Å². The quantitative estimate of drug-likeness (QED) is 0.833. The molecule has 6 nitrogen and oxygen atoms in total. The van der Waals surface area contributed by atoms with Gasteiger partial charge in [0, 0.05) is 17.1 Å². The van der Waals surface area contributed by atoms with Crippen LogP contribution in [0.1, 0.15) is 29.6 Å². The second kappa shape index (κ2) is 5.92. The highest BCUT2D eigenvalue weighted by atomic mass is 32.1. The Bertz CT molecular complexity index is 493. The predicted molar refractivity (Wildman–Crippen MR) is 70.5 cm³/mol. The van der Waals surface area contributed by atoms with E-state index in [1.54, 1.807) is 11.3 Å². The summed E-state index contributed by atoms with van der Waals surface area (Å²) in [7, 11) is 0. The molecule has 2 rings (SSSR count). The fourth-order valence-corrected chi connectivity index (χ4v) is 2.05. The molecule has 0 atom stereocenters. The minimum atomic E-state index is 0.395. The minimum absolute atomic E-state index is 0.395. The van der Waals surface area contributed by atoms with Gasteiger partial charge in [0.25, 0.3) is 0 Å². The summed E-state index contributed by atoms with van der Waals surface area (Å²) in [4.78, 5) is 5.44. The van der Waals surface area contributed by atoms with Crippen molar-refractivity contribution in [3.8, 4) is 0 Å². The van der Waals surface area contributed by atoms with E-state index in [-0.39, 0.29) is 0 Å². The Morgan fingerprint density at radius 2 is 2.17 bits per heavy atom. The number of nitrogens with one attached hydrogen (secondary N) is 2. The molecule has 0 spiro atoms. The van der Waals surface area contributed by atoms with Crippen molar-refractivity contribution < 1.29 is 4.42 Å². The Labute approximate surface area is 110 Å². The van der Waals surface area contributed by atoms with E-state index >= 15 is 0 Å². The Kier molecular flexibility index (Phi) is 4.27. The number of aromatic nitrogens is 3. The SMILES string of the molecule is Cc1cnc(CNc2nnc(CNC(C)C)o2)s1. The van der Waals surface area contributed by atoms with Gasteiger partial charge in [-0.3, -0.25) is 0 Å². The zero-order valence-electron chi connectivity index (χ0n) is 10.7. The molecule has 0 aliphatic rings. The zero-order chi connectivity index (χ0) is 13.0. The lowest BCUT2D eigenvalue weighted by molar-refractivity contribution is 0.458. The summed E-state index contributed by atoms with van der Waals surface area (Å²) < 4.78 is 5.44. The van der Waals surface area contributed by atoms with Gasteiger partial charge in [-0.25, -0.2) is 4.98 Å². The molecule has 0 saturated carbocycles. The van der Waals surface area contributed by atoms with Crippen molar-refractivity contribution in [1.29, 1.82) is 0 Å². The summed E-state index contributed by atoms with van der Waals surface area (Å²) in [6.07, 6.45) is 1.85. The van der Waals surface area contributed by atoms with Crippen molar-refractivity contribution in [3.63, 3.8) is 0 Å². The molecule has 2 aromatic rings. The molecule has 2 N–H and O–H groups in total. The van der Waals surface area contributed by atoms with E-state index in [2.05, 4.69) is 39.7 Å². The molecular formula is C11H17N5OS. The summed E-state index contributed by atoms with van der Waals surface area (Å²) in [5, 5.41) is 15.2. The number of nitrogens with zero attached hydrogens (tertiary/aromatic N) is 3. The number of anilines is 1. The van der Waals surface area contributed by atoms with Gasteiger partial charge in [0.1, 0.15) is 5.01 Å². The fourth-order valence-electron chi connectivity index (χ4n) is 1.32. The van der Waals surface area contributed by atoms with Crippen molar-refractivity contribution in [1.82, 2.24) is 20.5 Å². The van der Waals surface area contributed by atoms with Crippen molar-refractivity contribution in [3.05, 3.63) is 22.0 Å². The lowest BCUT2D eigenvalue weighted by atomic mass is 10.4. The van der Waals surface area contributed by atoms with Crippen LogP contribution in [0.15, 0.2) is 10.6 Å². The Morgan fingerprint density at radius 1 is 1.33 bits per heavy atom. The highest BCUT2D eigenvalue weighted by Crippen LogP contribution is 2.13. The van der Waals surface area contributed by atoms with Gasteiger partial charge in [0.05, 0.1) is 13.1 Å². The number of rotatable bonds is 6. The second-order valence-electron chi connectivity index (χ2n) is 4.25. The molecule has 0 bridgehead atoms. The molecule has 0 amide bonds. The van der Waals surface area contributed by atoms with Crippen LogP contribution in [0.25, 0.3) is 0 Å². The maximum Gasteiger partial charge on any atom is 0.315 e. The third-order valence-corrected chi connectivity index (χ3v) is 3.10. The van der Waals surface area contributed by atoms with Crippen LogP contribution in [0, 0.1) is 6.92 Å². The molecule has 0 aromatic carbocycles. The first kappa shape index (κ1) is 13.0. The third-order valence-electron chi connectivity index (χ3n) is 2.19. The molecule has 0 aliphatic heterocycles. The number of thiazole rings is 1. The summed E-state index contributed by atoms with van der Waals surface area (Å²) in [6, 6.07) is 0.829. The Morgan fingerprint density at radius 3 is 2.83 bits per heavy atom. The van der Waals surface area contributed by atoms with Gasteiger partial charge < -0.3 is 15.1 Å². The Balaban J connectivity index is 1.83. The molecule has 98 valence electrons. The fraction of sp³-hybridized carbons (Fsp3) is 0.545. The van der Waals surface area contributed by atoms with Gasteiger partial charge in [-0.05, 0) is 6.92 Å². The summed E-state index contributed by atoms with van der Waals surface area (Å²) in [5.41, 5.74) is 0. The van der Waals surface area contributed by atoms with Crippen molar-refractivity contribution in [2.24, 2.45) is 0 Å². The standard InChI is InChI=1S/C11H17N5OS/c1-7(2)12-5-9-15-16-11(17-9)14-6-10-13-4-8(3)18-10/h4,7,12H,5-6H2,1-3H3,(H,14,16). The summed E-state index contributed by atoms with van der Waals surface area (Å²) in [5.74, 6) is 0.585. The van der Waals surface area contributed by atoms with Crippen LogP contribution in [-0.4, -0.2) is 21.2 Å². The lowest BCUT2D eigenvalue weighted by Crippen LogP contribution is -2.21. The third kappa shape index (κ3) is 3.78. The van der Waals surface area contributed by atoms with Gasteiger partial charge in [-0.2, -0.15) is 0 Å². The van der Waals surface area contributed by atoms with Crippen LogP contribution in [0.5, 0.6) is 0 Å². The Hall–Kier alpha value is -1.47. The molecule has 0 saturated heterocycles. The molecule has 0 aliphatic carbocycles. The molecule has 7 heteroatoms. The second-order valence-corrected chi connectivity index (χ2v) is 5.57. The van der Waals surface area contributed by atoms with Crippen LogP contribution in [0.4, 0.5) is 6.01 Å². The molecule has 2 aromatic heterocycles. The number of aryl methyl sites for hydroxylation is 1. The molecule has 0 fully saturated rings. The van der Waals surface area contributed by atoms with E-state index in [1.807, 2.05) is 13.1 Å². The van der Waals surface area contributed by atoms with Gasteiger partial charge in [0.2, 0.25) is 5.89 Å². The highest BCUT2D eigenvalue weighted by molar-refractivity contribution is 7.11. The van der Waals surface area contributed by atoms with Crippen molar-refractivity contribution >= 4 is 17.4 Å². The molecule has 0 radical (unpaired) electrons. The minimum Gasteiger partial charge on any atom is -0.407 e. The maximum atomic E-state index is 5.44. The highest BCUT2D eigenvalue weighted by Gasteiger charge is 2.06. The van der Waals surface area contributed by atoms with E-state index in [0.29, 0.717) is 31.0 Å². The van der Waals surface area contributed by atoms with Gasteiger partial charge in [-0.1, -0.05) is 18.9 Å². The first-order valence-electron chi connectivity index (χ1n) is 5.84. The van der Waals surface area contributed by atoms with E-state index < -0.39 is 0 Å². The number of hydrogen-bond acceptors (Lipinski definition) is 7. The van der Waals surface area contributed by atoms with Gasteiger partial charge >= 0.3 is 6.01 Å². The number of hydrogen-bond donors (Lipinski definition) is 2. The maximum absolute atomic E-state index is 5.44. The molecule has 18 heavy (non-hydrogen) atoms. The summed E-state index contributed by atoms with van der Waals surface area (Å²) >= 11 is 1.65. The average Bonchev–Trinajstić information content (AvgIpc) is 2.93. The molecular weight excluding hydrogens is 250 g/mol. The van der Waals surface area contributed by atoms with Gasteiger partial charge in [-0.15, -0.1) is 16.4 Å². The summed E-state index contributed by atoms with van der Waals surface area (Å²) in [6.45, 7) is 7.37. The van der Waals surface area contributed by atoms with E-state index in [1.165, 1.54) is 4.88 Å². The van der Waals surface area contributed by atoms with Crippen LogP contribution in [-0.2, 0) is 13.1 Å². The monoisotopic (exact) mass is 267 g/mol. The van der Waals surface area contributed by atoms with Crippen LogP contribution in [0.2, 0.25) is 0 Å². The average molecular weight is 267 g/mol. The smallest absolute Gasteiger partial charge is 0.315 e. The topological polar surface area (TPSA) is 75.9 Å². The first-order valence-corrected chi connectivity index (χ1v) is 6.66. The molecule has 0 unspecified atom stereocenters. The largest absolute Gasteiger partial charge is 0.407 e. The predicted octanol–water partition coefficient (Wildman–Crippen LogP) is 1.94. The first-order chi connectivity index (χ1) is 8.63. The normalized spacial score (nSPS) is 11.1. The lowest BCUT2D eigenvalue weighted by Gasteiger charge is -2.03.